The van der Waals surface area contributed by atoms with Crippen LogP contribution in [0, 0.1) is 17.6 Å². The third kappa shape index (κ3) is 4.01. The van der Waals surface area contributed by atoms with E-state index in [9.17, 15) is 8.78 Å². The van der Waals surface area contributed by atoms with Gasteiger partial charge in [0.15, 0.2) is 6.29 Å². The topological polar surface area (TPSA) is 27.7 Å². The molecule has 1 heterocycles. The second-order valence-electron chi connectivity index (χ2n) is 6.20. The number of methoxy groups -OCH3 is 1. The van der Waals surface area contributed by atoms with Gasteiger partial charge in [-0.2, -0.15) is 0 Å². The second-order valence-corrected chi connectivity index (χ2v) is 6.20. The average molecular weight is 360 g/mol. The summed E-state index contributed by atoms with van der Waals surface area (Å²) < 4.78 is 45.0. The molecule has 0 spiro atoms. The highest BCUT2D eigenvalue weighted by Crippen LogP contribution is 2.32. The second kappa shape index (κ2) is 8.54. The number of hydrogen-bond acceptors (Lipinski definition) is 3. The van der Waals surface area contributed by atoms with Crippen molar-refractivity contribution in [1.29, 1.82) is 0 Å². The van der Waals surface area contributed by atoms with E-state index >= 15 is 0 Å². The number of halogens is 2. The lowest BCUT2D eigenvalue weighted by molar-refractivity contribution is -0.197. The lowest BCUT2D eigenvalue weighted by atomic mass is 9.99. The molecule has 26 heavy (non-hydrogen) atoms. The van der Waals surface area contributed by atoms with Crippen molar-refractivity contribution >= 4 is 0 Å². The van der Waals surface area contributed by atoms with Crippen LogP contribution in [-0.2, 0) is 14.2 Å². The van der Waals surface area contributed by atoms with Gasteiger partial charge in [0.1, 0.15) is 17.7 Å². The molecule has 0 amide bonds. The van der Waals surface area contributed by atoms with Crippen molar-refractivity contribution in [1.82, 2.24) is 0 Å². The van der Waals surface area contributed by atoms with E-state index < -0.39 is 24.0 Å². The molecule has 138 valence electrons. The van der Waals surface area contributed by atoms with Gasteiger partial charge in [0.2, 0.25) is 0 Å². The van der Waals surface area contributed by atoms with E-state index in [1.54, 1.807) is 12.1 Å². The molecule has 5 heteroatoms. The SMILES string of the molecule is C/C=C/C1COC(c2ccc(C(OC)c3c(F)cccc3F)cc2)OC1. The highest BCUT2D eigenvalue weighted by Gasteiger charge is 2.24. The van der Waals surface area contributed by atoms with Gasteiger partial charge in [-0.05, 0) is 24.6 Å². The van der Waals surface area contributed by atoms with Crippen LogP contribution in [-0.4, -0.2) is 20.3 Å². The standard InChI is InChI=1S/C21H22F2O3/c1-3-5-14-12-25-21(26-13-14)16-10-8-15(9-11-16)20(24-2)19-17(22)6-4-7-18(19)23/h3-11,14,20-21H,12-13H2,1-2H3/b5-3+. The van der Waals surface area contributed by atoms with E-state index in [2.05, 4.69) is 6.08 Å². The van der Waals surface area contributed by atoms with Crippen molar-refractivity contribution in [2.24, 2.45) is 5.92 Å². The summed E-state index contributed by atoms with van der Waals surface area (Å²) in [6, 6.07) is 11.0. The van der Waals surface area contributed by atoms with Crippen LogP contribution < -0.4 is 0 Å². The van der Waals surface area contributed by atoms with Crippen LogP contribution >= 0.6 is 0 Å². The minimum Gasteiger partial charge on any atom is -0.372 e. The van der Waals surface area contributed by atoms with Crippen molar-refractivity contribution in [3.05, 3.63) is 82.9 Å². The van der Waals surface area contributed by atoms with Gasteiger partial charge in [-0.3, -0.25) is 0 Å². The summed E-state index contributed by atoms with van der Waals surface area (Å²) in [5, 5.41) is 0. The first-order valence-electron chi connectivity index (χ1n) is 8.56. The van der Waals surface area contributed by atoms with Crippen molar-refractivity contribution in [2.75, 3.05) is 20.3 Å². The van der Waals surface area contributed by atoms with Crippen LogP contribution in [0.15, 0.2) is 54.6 Å². The molecule has 3 rings (SSSR count). The molecule has 0 radical (unpaired) electrons. The Balaban J connectivity index is 1.76. The minimum atomic E-state index is -0.822. The van der Waals surface area contributed by atoms with Gasteiger partial charge >= 0.3 is 0 Å². The monoisotopic (exact) mass is 360 g/mol. The fraction of sp³-hybridized carbons (Fsp3) is 0.333. The maximum atomic E-state index is 14.1. The molecule has 0 N–H and O–H groups in total. The first kappa shape index (κ1) is 18.7. The fourth-order valence-electron chi connectivity index (χ4n) is 3.10. The van der Waals surface area contributed by atoms with Crippen LogP contribution in [0.4, 0.5) is 8.78 Å². The number of rotatable bonds is 5. The molecule has 0 aliphatic carbocycles. The van der Waals surface area contributed by atoms with Gasteiger partial charge in [-0.15, -0.1) is 0 Å². The number of ether oxygens (including phenoxy) is 3. The van der Waals surface area contributed by atoms with Gasteiger partial charge in [-0.1, -0.05) is 42.5 Å². The molecule has 0 aromatic heterocycles. The molecule has 0 bridgehead atoms. The zero-order chi connectivity index (χ0) is 18.5. The third-order valence-corrected chi connectivity index (χ3v) is 4.40. The van der Waals surface area contributed by atoms with Gasteiger partial charge in [0, 0.05) is 18.6 Å². The smallest absolute Gasteiger partial charge is 0.183 e. The first-order chi connectivity index (χ1) is 12.6. The van der Waals surface area contributed by atoms with Crippen molar-refractivity contribution in [3.8, 4) is 0 Å². The van der Waals surface area contributed by atoms with Crippen molar-refractivity contribution in [3.63, 3.8) is 0 Å². The predicted octanol–water partition coefficient (Wildman–Crippen LogP) is 4.94. The summed E-state index contributed by atoms with van der Waals surface area (Å²) in [5.41, 5.74) is 1.42. The van der Waals surface area contributed by atoms with Crippen LogP contribution in [0.1, 0.15) is 36.0 Å². The highest BCUT2D eigenvalue weighted by atomic mass is 19.1. The summed E-state index contributed by atoms with van der Waals surface area (Å²) in [6.45, 7) is 3.16. The Morgan fingerprint density at radius 2 is 1.65 bits per heavy atom. The Labute approximate surface area is 152 Å². The summed E-state index contributed by atoms with van der Waals surface area (Å²) in [6.07, 6.45) is 2.79. The molecule has 0 saturated carbocycles. The molecule has 2 aromatic rings. The van der Waals surface area contributed by atoms with Gasteiger partial charge in [0.05, 0.1) is 18.8 Å². The average Bonchev–Trinajstić information content (AvgIpc) is 2.66. The minimum absolute atomic E-state index is 0.0953. The summed E-state index contributed by atoms with van der Waals surface area (Å²) >= 11 is 0. The van der Waals surface area contributed by atoms with E-state index in [1.807, 2.05) is 25.1 Å². The molecular weight excluding hydrogens is 338 g/mol. The Hall–Kier alpha value is -2.08. The zero-order valence-corrected chi connectivity index (χ0v) is 14.8. The molecule has 1 saturated heterocycles. The van der Waals surface area contributed by atoms with E-state index in [0.29, 0.717) is 18.8 Å². The number of benzene rings is 2. The predicted molar refractivity (Wildman–Crippen MR) is 94.6 cm³/mol. The third-order valence-electron chi connectivity index (χ3n) is 4.40. The lowest BCUT2D eigenvalue weighted by Gasteiger charge is -2.28. The Morgan fingerprint density at radius 3 is 2.19 bits per heavy atom. The number of hydrogen-bond donors (Lipinski definition) is 0. The quantitative estimate of drug-likeness (QED) is 0.707. The molecule has 1 aliphatic rings. The maximum Gasteiger partial charge on any atom is 0.183 e. The van der Waals surface area contributed by atoms with Crippen LogP contribution in [0.3, 0.4) is 0 Å². The van der Waals surface area contributed by atoms with E-state index in [0.717, 1.165) is 5.56 Å². The molecule has 3 nitrogen and oxygen atoms in total. The van der Waals surface area contributed by atoms with Crippen LogP contribution in [0.25, 0.3) is 0 Å². The number of allylic oxidation sites excluding steroid dienone is 1. The first-order valence-corrected chi connectivity index (χ1v) is 8.56. The van der Waals surface area contributed by atoms with Gasteiger partial charge in [0.25, 0.3) is 0 Å². The van der Waals surface area contributed by atoms with E-state index in [-0.39, 0.29) is 11.5 Å². The molecule has 1 atom stereocenters. The largest absolute Gasteiger partial charge is 0.372 e. The maximum absolute atomic E-state index is 14.1. The Kier molecular flexibility index (Phi) is 6.14. The van der Waals surface area contributed by atoms with E-state index in [1.165, 1.54) is 25.3 Å². The van der Waals surface area contributed by atoms with Crippen LogP contribution in [0.5, 0.6) is 0 Å². The van der Waals surface area contributed by atoms with Gasteiger partial charge < -0.3 is 14.2 Å². The summed E-state index contributed by atoms with van der Waals surface area (Å²) in [5.74, 6) is -0.998. The summed E-state index contributed by atoms with van der Waals surface area (Å²) in [7, 11) is 1.43. The van der Waals surface area contributed by atoms with E-state index in [4.69, 9.17) is 14.2 Å². The fourth-order valence-corrected chi connectivity index (χ4v) is 3.10. The lowest BCUT2D eigenvalue weighted by Crippen LogP contribution is -2.25. The molecule has 1 unspecified atom stereocenters. The van der Waals surface area contributed by atoms with Crippen LogP contribution in [0.2, 0.25) is 0 Å². The van der Waals surface area contributed by atoms with Crippen molar-refractivity contribution < 1.29 is 23.0 Å². The Bertz CT molecular complexity index is 730. The summed E-state index contributed by atoms with van der Waals surface area (Å²) in [4.78, 5) is 0. The molecular formula is C21H22F2O3. The van der Waals surface area contributed by atoms with Crippen molar-refractivity contribution in [2.45, 2.75) is 19.3 Å². The Morgan fingerprint density at radius 1 is 1.04 bits per heavy atom. The normalized spacial score (nSPS) is 21.8. The highest BCUT2D eigenvalue weighted by molar-refractivity contribution is 5.34. The van der Waals surface area contributed by atoms with Gasteiger partial charge in [-0.25, -0.2) is 8.78 Å². The molecule has 2 aromatic carbocycles. The zero-order valence-electron chi connectivity index (χ0n) is 14.8. The molecule has 1 fully saturated rings. The molecule has 1 aliphatic heterocycles.